The zero-order chi connectivity index (χ0) is 8.97. The van der Waals surface area contributed by atoms with Crippen LogP contribution in [0.5, 0.6) is 0 Å². The highest BCUT2D eigenvalue weighted by atomic mass is 15.4. The van der Waals surface area contributed by atoms with Crippen molar-refractivity contribution in [3.05, 3.63) is 36.4 Å². The van der Waals surface area contributed by atoms with Crippen molar-refractivity contribution in [1.29, 1.82) is 5.26 Å². The Bertz CT molecular complexity index is 308. The van der Waals surface area contributed by atoms with Gasteiger partial charge in [0.25, 0.3) is 0 Å². The van der Waals surface area contributed by atoms with E-state index in [1.165, 1.54) is 0 Å². The van der Waals surface area contributed by atoms with Crippen LogP contribution in [-0.2, 0) is 0 Å². The Labute approximate surface area is 71.3 Å². The van der Waals surface area contributed by atoms with Crippen LogP contribution in [0.4, 0.5) is 5.69 Å². The van der Waals surface area contributed by atoms with Gasteiger partial charge in [0.05, 0.1) is 5.69 Å². The number of benzene rings is 1. The van der Waals surface area contributed by atoms with Crippen molar-refractivity contribution in [3.63, 3.8) is 0 Å². The van der Waals surface area contributed by atoms with Crippen molar-refractivity contribution in [2.45, 2.75) is 0 Å². The second-order valence-corrected chi connectivity index (χ2v) is 2.27. The highest BCUT2D eigenvalue weighted by Gasteiger charge is 1.96. The van der Waals surface area contributed by atoms with Crippen LogP contribution in [0.3, 0.4) is 0 Å². The first kappa shape index (κ1) is 8.31. The maximum absolute atomic E-state index is 8.45. The summed E-state index contributed by atoms with van der Waals surface area (Å²) in [5.41, 5.74) is 1.67. The Morgan fingerprint density at radius 2 is 2.00 bits per heavy atom. The number of nitrogens with two attached hydrogens (primary N) is 1. The van der Waals surface area contributed by atoms with Gasteiger partial charge >= 0.3 is 0 Å². The summed E-state index contributed by atoms with van der Waals surface area (Å²) in [6.45, 7) is 3.62. The largest absolute Gasteiger partial charge is 0.234 e. The van der Waals surface area contributed by atoms with Gasteiger partial charge in [0, 0.05) is 0 Å². The van der Waals surface area contributed by atoms with Gasteiger partial charge in [0.2, 0.25) is 0 Å². The van der Waals surface area contributed by atoms with Crippen molar-refractivity contribution in [1.82, 2.24) is 0 Å². The molecule has 12 heavy (non-hydrogen) atoms. The van der Waals surface area contributed by atoms with Crippen LogP contribution < -0.4 is 10.9 Å². The van der Waals surface area contributed by atoms with Crippen molar-refractivity contribution >= 4 is 11.8 Å². The molecule has 1 rings (SSSR count). The predicted molar refractivity (Wildman–Crippen MR) is 48.8 cm³/mol. The van der Waals surface area contributed by atoms with Gasteiger partial charge in [-0.3, -0.25) is 0 Å². The van der Waals surface area contributed by atoms with Crippen LogP contribution >= 0.6 is 0 Å². The summed E-state index contributed by atoms with van der Waals surface area (Å²) in [5, 5.41) is 9.45. The molecule has 0 heterocycles. The molecule has 0 aliphatic carbocycles. The highest BCUT2D eigenvalue weighted by Crippen LogP contribution is 2.11. The lowest BCUT2D eigenvalue weighted by Crippen LogP contribution is -2.24. The van der Waals surface area contributed by atoms with E-state index in [0.29, 0.717) is 5.69 Å². The Morgan fingerprint density at radius 3 is 2.42 bits per heavy atom. The molecule has 0 fully saturated rings. The van der Waals surface area contributed by atoms with Gasteiger partial charge in [-0.1, -0.05) is 24.8 Å². The molecule has 0 unspecified atom stereocenters. The predicted octanol–water partition coefficient (Wildman–Crippen LogP) is 1.49. The molecule has 1 aromatic rings. The summed E-state index contributed by atoms with van der Waals surface area (Å²) in [4.78, 5) is 0. The van der Waals surface area contributed by atoms with Gasteiger partial charge < -0.3 is 0 Å². The third-order valence-electron chi connectivity index (χ3n) is 1.51. The number of nitriles is 1. The molecule has 0 radical (unpaired) electrons. The van der Waals surface area contributed by atoms with Gasteiger partial charge in [-0.2, -0.15) is 5.26 Å². The number of anilines is 1. The fourth-order valence-electron chi connectivity index (χ4n) is 0.829. The molecule has 0 aliphatic heterocycles. The molecule has 0 saturated heterocycles. The first-order valence-electron chi connectivity index (χ1n) is 3.45. The number of hydrogen-bond donors (Lipinski definition) is 1. The SMILES string of the molecule is C=Cc1ccc(N(N)C#N)cc1. The second-order valence-electron chi connectivity index (χ2n) is 2.27. The summed E-state index contributed by atoms with van der Waals surface area (Å²) < 4.78 is 0. The van der Waals surface area contributed by atoms with Gasteiger partial charge in [-0.05, 0) is 17.7 Å². The van der Waals surface area contributed by atoms with Crippen LogP contribution in [0.2, 0.25) is 0 Å². The van der Waals surface area contributed by atoms with Gasteiger partial charge in [0.15, 0.2) is 6.19 Å². The molecule has 0 aliphatic rings. The monoisotopic (exact) mass is 159 g/mol. The lowest BCUT2D eigenvalue weighted by molar-refractivity contribution is 1.09. The Morgan fingerprint density at radius 1 is 1.42 bits per heavy atom. The van der Waals surface area contributed by atoms with Crippen molar-refractivity contribution in [2.24, 2.45) is 5.84 Å². The molecule has 3 nitrogen and oxygen atoms in total. The van der Waals surface area contributed by atoms with E-state index in [2.05, 4.69) is 6.58 Å². The standard InChI is InChI=1S/C9H9N3/c1-2-8-3-5-9(6-4-8)12(11)7-10/h2-6H,1,11H2. The minimum atomic E-state index is 0.670. The Hall–Kier alpha value is -1.79. The molecule has 2 N–H and O–H groups in total. The van der Waals surface area contributed by atoms with E-state index in [1.54, 1.807) is 24.4 Å². The topological polar surface area (TPSA) is 53.0 Å². The van der Waals surface area contributed by atoms with Crippen molar-refractivity contribution in [3.8, 4) is 6.19 Å². The Kier molecular flexibility index (Phi) is 2.46. The van der Waals surface area contributed by atoms with Crippen molar-refractivity contribution in [2.75, 3.05) is 5.01 Å². The van der Waals surface area contributed by atoms with E-state index in [1.807, 2.05) is 12.1 Å². The molecule has 0 aromatic heterocycles. The summed E-state index contributed by atoms with van der Waals surface area (Å²) in [5.74, 6) is 5.33. The molecular weight excluding hydrogens is 150 g/mol. The molecule has 0 atom stereocenters. The maximum Gasteiger partial charge on any atom is 0.200 e. The Balaban J connectivity index is 2.93. The first-order valence-corrected chi connectivity index (χ1v) is 3.45. The van der Waals surface area contributed by atoms with Crippen LogP contribution in [0, 0.1) is 11.5 Å². The molecular formula is C9H9N3. The number of hydrogen-bond acceptors (Lipinski definition) is 3. The zero-order valence-corrected chi connectivity index (χ0v) is 6.57. The molecule has 0 amide bonds. The molecule has 0 saturated carbocycles. The molecule has 3 heteroatoms. The molecule has 0 bridgehead atoms. The average Bonchev–Trinajstić information content (AvgIpc) is 2.17. The van der Waals surface area contributed by atoms with Crippen LogP contribution in [0.15, 0.2) is 30.8 Å². The van der Waals surface area contributed by atoms with E-state index in [0.717, 1.165) is 10.6 Å². The van der Waals surface area contributed by atoms with Crippen LogP contribution in [-0.4, -0.2) is 0 Å². The minimum absolute atomic E-state index is 0.670. The fraction of sp³-hybridized carbons (Fsp3) is 0. The first-order chi connectivity index (χ1) is 5.77. The average molecular weight is 159 g/mol. The summed E-state index contributed by atoms with van der Waals surface area (Å²) in [7, 11) is 0. The lowest BCUT2D eigenvalue weighted by atomic mass is 10.2. The molecule has 0 spiro atoms. The number of nitrogens with zero attached hydrogens (tertiary/aromatic N) is 2. The normalized spacial score (nSPS) is 8.67. The van der Waals surface area contributed by atoms with E-state index >= 15 is 0 Å². The number of rotatable bonds is 2. The van der Waals surface area contributed by atoms with Gasteiger partial charge in [-0.15, -0.1) is 0 Å². The van der Waals surface area contributed by atoms with Gasteiger partial charge in [0.1, 0.15) is 0 Å². The number of hydrazine groups is 1. The van der Waals surface area contributed by atoms with Crippen molar-refractivity contribution < 1.29 is 0 Å². The summed E-state index contributed by atoms with van der Waals surface area (Å²) in [6, 6.07) is 7.22. The van der Waals surface area contributed by atoms with Gasteiger partial charge in [-0.25, -0.2) is 10.9 Å². The quantitative estimate of drug-likeness (QED) is 0.308. The molecule has 60 valence electrons. The highest BCUT2D eigenvalue weighted by molar-refractivity contribution is 5.55. The smallest absolute Gasteiger partial charge is 0.200 e. The van der Waals surface area contributed by atoms with E-state index in [9.17, 15) is 0 Å². The summed E-state index contributed by atoms with van der Waals surface area (Å²) >= 11 is 0. The summed E-state index contributed by atoms with van der Waals surface area (Å²) in [6.07, 6.45) is 3.54. The lowest BCUT2D eigenvalue weighted by Gasteiger charge is -2.07. The van der Waals surface area contributed by atoms with Crippen LogP contribution in [0.25, 0.3) is 6.08 Å². The second kappa shape index (κ2) is 3.56. The fourth-order valence-corrected chi connectivity index (χ4v) is 0.829. The maximum atomic E-state index is 8.45. The van der Waals surface area contributed by atoms with Crippen LogP contribution in [0.1, 0.15) is 5.56 Å². The van der Waals surface area contributed by atoms with E-state index < -0.39 is 0 Å². The molecule has 1 aromatic carbocycles. The van der Waals surface area contributed by atoms with E-state index in [4.69, 9.17) is 11.1 Å². The minimum Gasteiger partial charge on any atom is -0.234 e. The third-order valence-corrected chi connectivity index (χ3v) is 1.51. The zero-order valence-electron chi connectivity index (χ0n) is 6.57. The third kappa shape index (κ3) is 1.62. The van der Waals surface area contributed by atoms with E-state index in [-0.39, 0.29) is 0 Å².